The fraction of sp³-hybridized carbons (Fsp3) is 0.889. The van der Waals surface area contributed by atoms with Crippen molar-refractivity contribution in [1.82, 2.24) is 0 Å². The van der Waals surface area contributed by atoms with Crippen LogP contribution >= 0.6 is 0 Å². The second-order valence-electron chi connectivity index (χ2n) is 3.50. The Morgan fingerprint density at radius 2 is 1.93 bits per heavy atom. The molecule has 0 saturated carbocycles. The Bertz CT molecular complexity index is 272. The Hall–Kier alpha value is -0.420. The van der Waals surface area contributed by atoms with Gasteiger partial charge in [0, 0.05) is 24.6 Å². The number of nitrogens with two attached hydrogens (primary N) is 1. The van der Waals surface area contributed by atoms with Gasteiger partial charge in [0.05, 0.1) is 5.75 Å². The van der Waals surface area contributed by atoms with Crippen molar-refractivity contribution in [3.05, 3.63) is 0 Å². The molecular weight excluding hydrogens is 202 g/mol. The van der Waals surface area contributed by atoms with Gasteiger partial charge in [-0.05, 0) is 6.42 Å². The highest BCUT2D eigenvalue weighted by atomic mass is 32.2. The molecule has 14 heavy (non-hydrogen) atoms. The van der Waals surface area contributed by atoms with Crippen LogP contribution in [0.4, 0.5) is 0 Å². The summed E-state index contributed by atoms with van der Waals surface area (Å²) >= 11 is 0. The van der Waals surface area contributed by atoms with E-state index >= 15 is 0 Å². The molecule has 2 N–H and O–H groups in total. The molecule has 0 saturated heterocycles. The van der Waals surface area contributed by atoms with E-state index in [9.17, 15) is 13.2 Å². The number of hydrogen-bond donors (Lipinski definition) is 1. The Labute approximate surface area is 85.8 Å². The van der Waals surface area contributed by atoms with E-state index in [0.717, 1.165) is 0 Å². The zero-order valence-corrected chi connectivity index (χ0v) is 9.64. The number of ketones is 1. The van der Waals surface area contributed by atoms with Gasteiger partial charge in [-0.2, -0.15) is 0 Å². The van der Waals surface area contributed by atoms with Crippen LogP contribution in [0.25, 0.3) is 0 Å². The molecule has 0 aliphatic carbocycles. The van der Waals surface area contributed by atoms with Crippen molar-refractivity contribution in [2.75, 3.05) is 18.1 Å². The third-order valence-corrected chi connectivity index (χ3v) is 3.93. The number of rotatable bonds is 7. The fourth-order valence-electron chi connectivity index (χ4n) is 1.05. The second-order valence-corrected chi connectivity index (χ2v) is 5.81. The van der Waals surface area contributed by atoms with Gasteiger partial charge in [0.15, 0.2) is 9.84 Å². The Balaban J connectivity index is 4.00. The van der Waals surface area contributed by atoms with Crippen LogP contribution in [0, 0.1) is 5.92 Å². The van der Waals surface area contributed by atoms with Crippen LogP contribution in [0.3, 0.4) is 0 Å². The maximum Gasteiger partial charge on any atom is 0.150 e. The summed E-state index contributed by atoms with van der Waals surface area (Å²) in [5.41, 5.74) is 5.30. The van der Waals surface area contributed by atoms with E-state index in [4.69, 9.17) is 5.73 Å². The summed E-state index contributed by atoms with van der Waals surface area (Å²) in [6, 6.07) is 0. The number of carbonyl (C=O) groups is 1. The molecule has 0 amide bonds. The predicted molar refractivity (Wildman–Crippen MR) is 56.8 cm³/mol. The van der Waals surface area contributed by atoms with Gasteiger partial charge in [-0.25, -0.2) is 8.42 Å². The Morgan fingerprint density at radius 3 is 2.36 bits per heavy atom. The van der Waals surface area contributed by atoms with Gasteiger partial charge in [-0.1, -0.05) is 13.8 Å². The summed E-state index contributed by atoms with van der Waals surface area (Å²) in [6.07, 6.45) is 0.698. The van der Waals surface area contributed by atoms with Gasteiger partial charge in [0.2, 0.25) is 0 Å². The average Bonchev–Trinajstić information content (AvgIpc) is 2.13. The monoisotopic (exact) mass is 221 g/mol. The first-order valence-electron chi connectivity index (χ1n) is 4.86. The highest BCUT2D eigenvalue weighted by Crippen LogP contribution is 2.02. The van der Waals surface area contributed by atoms with E-state index in [1.54, 1.807) is 6.92 Å². The fourth-order valence-corrected chi connectivity index (χ4v) is 2.39. The van der Waals surface area contributed by atoms with Crippen molar-refractivity contribution in [1.29, 1.82) is 0 Å². The molecule has 0 aliphatic heterocycles. The van der Waals surface area contributed by atoms with Gasteiger partial charge < -0.3 is 5.73 Å². The van der Waals surface area contributed by atoms with Gasteiger partial charge in [0.1, 0.15) is 5.78 Å². The molecule has 84 valence electrons. The van der Waals surface area contributed by atoms with Crippen LogP contribution in [-0.2, 0) is 14.6 Å². The smallest absolute Gasteiger partial charge is 0.150 e. The molecule has 1 atom stereocenters. The van der Waals surface area contributed by atoms with Crippen LogP contribution < -0.4 is 5.73 Å². The standard InChI is InChI=1S/C9H19NO3S/c1-3-5-14(12,13)6-4-9(11)8(2)7-10/h8H,3-7,10H2,1-2H3. The van der Waals surface area contributed by atoms with Crippen molar-refractivity contribution in [3.63, 3.8) is 0 Å². The third-order valence-electron chi connectivity index (χ3n) is 2.08. The van der Waals surface area contributed by atoms with Crippen molar-refractivity contribution in [2.24, 2.45) is 11.7 Å². The average molecular weight is 221 g/mol. The SMILES string of the molecule is CCCS(=O)(=O)CCC(=O)C(C)CN. The van der Waals surface area contributed by atoms with Gasteiger partial charge in [0.25, 0.3) is 0 Å². The number of sulfone groups is 1. The quantitative estimate of drug-likeness (QED) is 0.673. The van der Waals surface area contributed by atoms with Crippen molar-refractivity contribution < 1.29 is 13.2 Å². The first kappa shape index (κ1) is 13.6. The lowest BCUT2D eigenvalue weighted by atomic mass is 10.1. The van der Waals surface area contributed by atoms with Crippen molar-refractivity contribution in [2.45, 2.75) is 26.7 Å². The van der Waals surface area contributed by atoms with Gasteiger partial charge in [-0.3, -0.25) is 4.79 Å². The second kappa shape index (κ2) is 6.14. The molecule has 0 fully saturated rings. The van der Waals surface area contributed by atoms with Crippen LogP contribution in [-0.4, -0.2) is 32.3 Å². The molecule has 4 nitrogen and oxygen atoms in total. The predicted octanol–water partition coefficient (Wildman–Crippen LogP) is 0.365. The first-order chi connectivity index (χ1) is 6.43. The summed E-state index contributed by atoms with van der Waals surface area (Å²) in [7, 11) is -3.03. The summed E-state index contributed by atoms with van der Waals surface area (Å²) in [4.78, 5) is 11.3. The molecule has 0 spiro atoms. The summed E-state index contributed by atoms with van der Waals surface area (Å²) in [6.45, 7) is 3.81. The van der Waals surface area contributed by atoms with E-state index in [2.05, 4.69) is 0 Å². The minimum Gasteiger partial charge on any atom is -0.330 e. The zero-order chi connectivity index (χ0) is 11.2. The van der Waals surface area contributed by atoms with E-state index in [0.29, 0.717) is 6.42 Å². The van der Waals surface area contributed by atoms with Gasteiger partial charge >= 0.3 is 0 Å². The molecule has 0 aromatic rings. The van der Waals surface area contributed by atoms with Crippen molar-refractivity contribution in [3.8, 4) is 0 Å². The van der Waals surface area contributed by atoms with E-state index < -0.39 is 9.84 Å². The molecule has 0 heterocycles. The topological polar surface area (TPSA) is 77.2 Å². The Morgan fingerprint density at radius 1 is 1.36 bits per heavy atom. The molecule has 1 unspecified atom stereocenters. The molecule has 0 aromatic heterocycles. The molecule has 0 radical (unpaired) electrons. The van der Waals surface area contributed by atoms with E-state index in [-0.39, 0.29) is 36.2 Å². The highest BCUT2D eigenvalue weighted by molar-refractivity contribution is 7.91. The molecule has 5 heteroatoms. The first-order valence-corrected chi connectivity index (χ1v) is 6.68. The minimum atomic E-state index is -3.03. The lowest BCUT2D eigenvalue weighted by Crippen LogP contribution is -2.23. The molecule has 0 aliphatic rings. The van der Waals surface area contributed by atoms with E-state index in [1.165, 1.54) is 0 Å². The van der Waals surface area contributed by atoms with Crippen LogP contribution in [0.2, 0.25) is 0 Å². The lowest BCUT2D eigenvalue weighted by Gasteiger charge is -2.07. The number of hydrogen-bond acceptors (Lipinski definition) is 4. The lowest BCUT2D eigenvalue weighted by molar-refractivity contribution is -0.121. The largest absolute Gasteiger partial charge is 0.330 e. The third kappa shape index (κ3) is 5.34. The summed E-state index contributed by atoms with van der Waals surface area (Å²) in [5.74, 6) is -0.166. The van der Waals surface area contributed by atoms with Gasteiger partial charge in [-0.15, -0.1) is 0 Å². The zero-order valence-electron chi connectivity index (χ0n) is 8.82. The number of Topliss-reactive ketones (excluding diaryl/α,β-unsaturated/α-hetero) is 1. The van der Waals surface area contributed by atoms with Crippen LogP contribution in [0.5, 0.6) is 0 Å². The molecule has 0 bridgehead atoms. The van der Waals surface area contributed by atoms with Crippen LogP contribution in [0.15, 0.2) is 0 Å². The number of carbonyl (C=O) groups excluding carboxylic acids is 1. The van der Waals surface area contributed by atoms with E-state index in [1.807, 2.05) is 6.92 Å². The summed E-state index contributed by atoms with van der Waals surface area (Å²) in [5, 5.41) is 0. The van der Waals surface area contributed by atoms with Crippen LogP contribution in [0.1, 0.15) is 26.7 Å². The Kier molecular flexibility index (Phi) is 5.95. The minimum absolute atomic E-state index is 0.0377. The molecule has 0 rings (SSSR count). The maximum absolute atomic E-state index is 11.3. The molecular formula is C9H19NO3S. The highest BCUT2D eigenvalue weighted by Gasteiger charge is 2.15. The summed E-state index contributed by atoms with van der Waals surface area (Å²) < 4.78 is 22.5. The normalized spacial score (nSPS) is 13.9. The molecule has 0 aromatic carbocycles. The van der Waals surface area contributed by atoms with Crippen molar-refractivity contribution >= 4 is 15.6 Å². The maximum atomic E-state index is 11.3.